The van der Waals surface area contributed by atoms with E-state index in [9.17, 15) is 13.2 Å². The Hall–Kier alpha value is -2.65. The number of amides is 1. The fourth-order valence-electron chi connectivity index (χ4n) is 4.14. The van der Waals surface area contributed by atoms with Gasteiger partial charge in [-0.1, -0.05) is 6.07 Å². The number of aromatic nitrogens is 1. The van der Waals surface area contributed by atoms with E-state index in [-0.39, 0.29) is 29.7 Å². The van der Waals surface area contributed by atoms with Crippen molar-refractivity contribution in [1.29, 1.82) is 0 Å². The molecule has 2 saturated heterocycles. The van der Waals surface area contributed by atoms with Gasteiger partial charge in [0.05, 0.1) is 4.90 Å². The van der Waals surface area contributed by atoms with E-state index >= 15 is 0 Å². The predicted octanol–water partition coefficient (Wildman–Crippen LogP) is 1.71. The lowest BCUT2D eigenvalue weighted by molar-refractivity contribution is -0.119. The van der Waals surface area contributed by atoms with Gasteiger partial charge in [-0.15, -0.1) is 0 Å². The van der Waals surface area contributed by atoms with Crippen LogP contribution in [0, 0.1) is 0 Å². The summed E-state index contributed by atoms with van der Waals surface area (Å²) < 4.78 is 39.3. The molecule has 1 amide bonds. The number of sulfonamides is 1. The van der Waals surface area contributed by atoms with Crippen molar-refractivity contribution >= 4 is 15.9 Å². The Bertz CT molecular complexity index is 951. The molecule has 2 aliphatic heterocycles. The molecule has 154 valence electrons. The maximum atomic E-state index is 13.2. The number of carbonyl (C=O) groups excluding carboxylic acids is 1. The summed E-state index contributed by atoms with van der Waals surface area (Å²) in [5.41, 5.74) is 5.05. The van der Waals surface area contributed by atoms with Gasteiger partial charge in [-0.3, -0.25) is 4.79 Å². The smallest absolute Gasteiger partial charge is 0.255 e. The number of carbonyl (C=O) groups is 1. The molecule has 4 rings (SSSR count). The van der Waals surface area contributed by atoms with Gasteiger partial charge in [0.1, 0.15) is 11.9 Å². The van der Waals surface area contributed by atoms with Crippen LogP contribution in [0.4, 0.5) is 0 Å². The van der Waals surface area contributed by atoms with Crippen molar-refractivity contribution in [1.82, 2.24) is 9.29 Å². The SMILES string of the molecule is NC(=O)COc1ccc(S(=O)(=O)N2C3CCC2CC(Oc2ccccn2)C3)cc1. The van der Waals surface area contributed by atoms with Gasteiger partial charge in [-0.25, -0.2) is 13.4 Å². The molecule has 8 nitrogen and oxygen atoms in total. The summed E-state index contributed by atoms with van der Waals surface area (Å²) in [5.74, 6) is 0.377. The first-order chi connectivity index (χ1) is 13.9. The van der Waals surface area contributed by atoms with E-state index in [0.717, 1.165) is 12.8 Å². The lowest BCUT2D eigenvalue weighted by Crippen LogP contribution is -2.49. The van der Waals surface area contributed by atoms with E-state index in [1.54, 1.807) is 10.5 Å². The number of piperidine rings is 1. The van der Waals surface area contributed by atoms with Gasteiger partial charge in [0.2, 0.25) is 15.9 Å². The predicted molar refractivity (Wildman–Crippen MR) is 105 cm³/mol. The minimum Gasteiger partial charge on any atom is -0.484 e. The van der Waals surface area contributed by atoms with Crippen molar-refractivity contribution < 1.29 is 22.7 Å². The third-order valence-corrected chi connectivity index (χ3v) is 7.35. The number of pyridine rings is 1. The van der Waals surface area contributed by atoms with Crippen LogP contribution in [0.15, 0.2) is 53.6 Å². The zero-order valence-electron chi connectivity index (χ0n) is 15.8. The first kappa shape index (κ1) is 19.7. The van der Waals surface area contributed by atoms with Crippen LogP contribution in [0.25, 0.3) is 0 Å². The summed E-state index contributed by atoms with van der Waals surface area (Å²) in [6, 6.07) is 11.4. The Morgan fingerprint density at radius 2 is 1.79 bits per heavy atom. The third kappa shape index (κ3) is 4.20. The maximum absolute atomic E-state index is 13.2. The highest BCUT2D eigenvalue weighted by Gasteiger charge is 2.47. The van der Waals surface area contributed by atoms with E-state index in [0.29, 0.717) is 24.5 Å². The molecule has 29 heavy (non-hydrogen) atoms. The maximum Gasteiger partial charge on any atom is 0.255 e. The van der Waals surface area contributed by atoms with Crippen LogP contribution >= 0.6 is 0 Å². The Morgan fingerprint density at radius 1 is 1.10 bits per heavy atom. The van der Waals surface area contributed by atoms with E-state index in [4.69, 9.17) is 15.2 Å². The standard InChI is InChI=1S/C20H23N3O5S/c21-19(24)13-27-16-6-8-18(9-7-16)29(25,26)23-14-4-5-15(23)12-17(11-14)28-20-3-1-2-10-22-20/h1-3,6-10,14-15,17H,4-5,11-13H2,(H2,21,24). The number of benzene rings is 1. The minimum absolute atomic E-state index is 0.0431. The number of primary amides is 1. The van der Waals surface area contributed by atoms with E-state index in [1.165, 1.54) is 24.3 Å². The summed E-state index contributed by atoms with van der Waals surface area (Å²) in [6.45, 7) is -0.250. The molecule has 0 spiro atoms. The Kier molecular flexibility index (Phi) is 5.42. The van der Waals surface area contributed by atoms with Gasteiger partial charge in [0, 0.05) is 37.2 Å². The Balaban J connectivity index is 1.46. The van der Waals surface area contributed by atoms with Crippen molar-refractivity contribution in [3.05, 3.63) is 48.7 Å². The highest BCUT2D eigenvalue weighted by atomic mass is 32.2. The molecule has 0 saturated carbocycles. The van der Waals surface area contributed by atoms with E-state index in [2.05, 4.69) is 4.98 Å². The number of fused-ring (bicyclic) bond motifs is 2. The second-order valence-electron chi connectivity index (χ2n) is 7.33. The fourth-order valence-corrected chi connectivity index (χ4v) is 6.04. The summed E-state index contributed by atoms with van der Waals surface area (Å²) in [5, 5.41) is 0. The average Bonchev–Trinajstić information content (AvgIpc) is 3.00. The summed E-state index contributed by atoms with van der Waals surface area (Å²) >= 11 is 0. The molecule has 2 bridgehead atoms. The molecule has 1 aromatic carbocycles. The van der Waals surface area contributed by atoms with Crippen molar-refractivity contribution in [3.63, 3.8) is 0 Å². The highest BCUT2D eigenvalue weighted by molar-refractivity contribution is 7.89. The van der Waals surface area contributed by atoms with E-state index < -0.39 is 15.9 Å². The van der Waals surface area contributed by atoms with Crippen LogP contribution in [0.5, 0.6) is 11.6 Å². The van der Waals surface area contributed by atoms with Gasteiger partial charge in [0.25, 0.3) is 5.91 Å². The zero-order valence-corrected chi connectivity index (χ0v) is 16.6. The molecule has 2 fully saturated rings. The summed E-state index contributed by atoms with van der Waals surface area (Å²) in [7, 11) is -3.63. The van der Waals surface area contributed by atoms with Crippen LogP contribution in [-0.2, 0) is 14.8 Å². The summed E-state index contributed by atoms with van der Waals surface area (Å²) in [6.07, 6.45) is 4.58. The topological polar surface area (TPSA) is 112 Å². The zero-order chi connectivity index (χ0) is 20.4. The van der Waals surface area contributed by atoms with Crippen LogP contribution < -0.4 is 15.2 Å². The van der Waals surface area contributed by atoms with Crippen molar-refractivity contribution in [3.8, 4) is 11.6 Å². The second kappa shape index (κ2) is 8.00. The van der Waals surface area contributed by atoms with Gasteiger partial charge < -0.3 is 15.2 Å². The lowest BCUT2D eigenvalue weighted by Gasteiger charge is -2.37. The number of hydrogen-bond donors (Lipinski definition) is 1. The quantitative estimate of drug-likeness (QED) is 0.734. The Labute approximate surface area is 169 Å². The van der Waals surface area contributed by atoms with E-state index in [1.807, 2.05) is 18.2 Å². The molecule has 2 aliphatic rings. The van der Waals surface area contributed by atoms with Crippen LogP contribution in [-0.4, -0.2) is 48.4 Å². The molecule has 3 heterocycles. The second-order valence-corrected chi connectivity index (χ2v) is 9.17. The van der Waals surface area contributed by atoms with Crippen LogP contribution in [0.2, 0.25) is 0 Å². The molecular weight excluding hydrogens is 394 g/mol. The molecular formula is C20H23N3O5S. The monoisotopic (exact) mass is 417 g/mol. The normalized spacial score (nSPS) is 24.2. The van der Waals surface area contributed by atoms with Crippen LogP contribution in [0.1, 0.15) is 25.7 Å². The molecule has 2 aromatic rings. The molecule has 2 N–H and O–H groups in total. The highest BCUT2D eigenvalue weighted by Crippen LogP contribution is 2.40. The van der Waals surface area contributed by atoms with Crippen molar-refractivity contribution in [2.45, 2.75) is 48.8 Å². The number of hydrogen-bond acceptors (Lipinski definition) is 6. The van der Waals surface area contributed by atoms with Gasteiger partial charge in [0.15, 0.2) is 6.61 Å². The number of rotatable bonds is 7. The molecule has 0 aliphatic carbocycles. The van der Waals surface area contributed by atoms with Crippen molar-refractivity contribution in [2.75, 3.05) is 6.61 Å². The third-order valence-electron chi connectivity index (χ3n) is 5.33. The summed E-state index contributed by atoms with van der Waals surface area (Å²) in [4.78, 5) is 15.2. The van der Waals surface area contributed by atoms with Gasteiger partial charge >= 0.3 is 0 Å². The van der Waals surface area contributed by atoms with Crippen LogP contribution in [0.3, 0.4) is 0 Å². The molecule has 1 aromatic heterocycles. The molecule has 2 atom stereocenters. The molecule has 0 radical (unpaired) electrons. The van der Waals surface area contributed by atoms with Crippen molar-refractivity contribution in [2.24, 2.45) is 5.73 Å². The number of ether oxygens (including phenoxy) is 2. The van der Waals surface area contributed by atoms with Gasteiger partial charge in [-0.05, 0) is 43.2 Å². The fraction of sp³-hybridized carbons (Fsp3) is 0.400. The largest absolute Gasteiger partial charge is 0.484 e. The molecule has 2 unspecified atom stereocenters. The molecule has 9 heteroatoms. The number of nitrogens with two attached hydrogens (primary N) is 1. The first-order valence-corrected chi connectivity index (χ1v) is 11.0. The average molecular weight is 417 g/mol. The van der Waals surface area contributed by atoms with Gasteiger partial charge in [-0.2, -0.15) is 4.31 Å². The Morgan fingerprint density at radius 3 is 2.38 bits per heavy atom. The number of nitrogens with zero attached hydrogens (tertiary/aromatic N) is 2. The lowest BCUT2D eigenvalue weighted by atomic mass is 10.0. The first-order valence-electron chi connectivity index (χ1n) is 9.56. The minimum atomic E-state index is -3.63.